The number of hydrogen-bond donors (Lipinski definition) is 0. The zero-order chi connectivity index (χ0) is 7.40. The van der Waals surface area contributed by atoms with E-state index < -0.39 is 0 Å². The largest absolute Gasteiger partial charge is 0.395 e. The van der Waals surface area contributed by atoms with E-state index in [4.69, 9.17) is 0 Å². The van der Waals surface area contributed by atoms with E-state index in [1.807, 2.05) is 6.92 Å². The van der Waals surface area contributed by atoms with Crippen molar-refractivity contribution in [2.24, 2.45) is 0 Å². The molecule has 0 N–H and O–H groups in total. The zero-order valence-corrected chi connectivity index (χ0v) is 6.19. The zero-order valence-electron chi connectivity index (χ0n) is 5.37. The second-order valence-corrected chi connectivity index (χ2v) is 2.07. The van der Waals surface area contributed by atoms with Gasteiger partial charge >= 0.3 is 0 Å². The van der Waals surface area contributed by atoms with E-state index in [0.717, 1.165) is 5.69 Å². The first-order valence-corrected chi connectivity index (χ1v) is 3.35. The molecule has 0 saturated carbocycles. The molecule has 0 aliphatic heterocycles. The van der Waals surface area contributed by atoms with Crippen LogP contribution in [0, 0.1) is 6.92 Å². The highest BCUT2D eigenvalue weighted by Gasteiger charge is 1.92. The molecule has 0 fully saturated rings. The second kappa shape index (κ2) is 3.41. The minimum Gasteiger partial charge on any atom is -0.395 e. The second-order valence-electron chi connectivity index (χ2n) is 1.78. The summed E-state index contributed by atoms with van der Waals surface area (Å²) in [5.74, 6) is 0.429. The Bertz CT molecular complexity index is 201. The Labute approximate surface area is 62.9 Å². The molecule has 0 saturated heterocycles. The molecule has 1 aromatic heterocycles. The van der Waals surface area contributed by atoms with E-state index in [0.29, 0.717) is 5.75 Å². The van der Waals surface area contributed by atoms with Crippen LogP contribution in [0.2, 0.25) is 0 Å². The summed E-state index contributed by atoms with van der Waals surface area (Å²) in [6.07, 6.45) is 1.47. The number of nitrogens with zero attached hydrogens (tertiary/aromatic N) is 1. The molecule has 54 valence electrons. The molecule has 0 amide bonds. The lowest BCUT2D eigenvalue weighted by molar-refractivity contribution is 0.607. The van der Waals surface area contributed by atoms with E-state index in [1.54, 1.807) is 12.1 Å². The fourth-order valence-electron chi connectivity index (χ4n) is 0.540. The van der Waals surface area contributed by atoms with E-state index in [1.165, 1.54) is 6.20 Å². The molecular weight excluding hydrogens is 153 g/mol. The summed E-state index contributed by atoms with van der Waals surface area (Å²) in [6, 6.07) is 3.42. The summed E-state index contributed by atoms with van der Waals surface area (Å²) in [5, 5.41) is 0. The van der Waals surface area contributed by atoms with Crippen LogP contribution in [0.5, 0.6) is 5.75 Å². The SMILES string of the molecule is Cc1ccc(OSF)cn1. The topological polar surface area (TPSA) is 22.1 Å². The lowest BCUT2D eigenvalue weighted by Crippen LogP contribution is -1.81. The van der Waals surface area contributed by atoms with Crippen molar-refractivity contribution in [1.29, 1.82) is 0 Å². The lowest BCUT2D eigenvalue weighted by atomic mass is 10.4. The Balaban J connectivity index is 2.69. The van der Waals surface area contributed by atoms with Crippen LogP contribution in [0.15, 0.2) is 18.3 Å². The highest BCUT2D eigenvalue weighted by molar-refractivity contribution is 7.89. The third-order valence-electron chi connectivity index (χ3n) is 1.01. The third-order valence-corrected chi connectivity index (χ3v) is 1.27. The smallest absolute Gasteiger partial charge is 0.272 e. The molecule has 4 heteroatoms. The highest BCUT2D eigenvalue weighted by atomic mass is 32.2. The van der Waals surface area contributed by atoms with Crippen LogP contribution in [-0.4, -0.2) is 4.98 Å². The van der Waals surface area contributed by atoms with Crippen LogP contribution >= 0.6 is 12.4 Å². The monoisotopic (exact) mass is 159 g/mol. The predicted octanol–water partition coefficient (Wildman–Crippen LogP) is 2.30. The minimum absolute atomic E-state index is 0.179. The summed E-state index contributed by atoms with van der Waals surface area (Å²) >= 11 is -0.179. The fourth-order valence-corrected chi connectivity index (χ4v) is 0.711. The Kier molecular flexibility index (Phi) is 2.50. The van der Waals surface area contributed by atoms with Crippen molar-refractivity contribution >= 4 is 12.4 Å². The molecule has 0 spiro atoms. The van der Waals surface area contributed by atoms with Crippen LogP contribution < -0.4 is 4.18 Å². The summed E-state index contributed by atoms with van der Waals surface area (Å²) in [5.41, 5.74) is 0.885. The molecule has 1 rings (SSSR count). The minimum atomic E-state index is -0.179. The molecule has 1 heterocycles. The van der Waals surface area contributed by atoms with Crippen LogP contribution in [0.4, 0.5) is 3.89 Å². The molecule has 1 aromatic rings. The molecule has 0 bridgehead atoms. The number of rotatable bonds is 2. The van der Waals surface area contributed by atoms with E-state index in [9.17, 15) is 3.89 Å². The van der Waals surface area contributed by atoms with Crippen molar-refractivity contribution < 1.29 is 8.07 Å². The van der Waals surface area contributed by atoms with Gasteiger partial charge in [0.1, 0.15) is 0 Å². The maximum atomic E-state index is 11.4. The van der Waals surface area contributed by atoms with E-state index >= 15 is 0 Å². The Morgan fingerprint density at radius 3 is 2.90 bits per heavy atom. The Hall–Kier alpha value is -0.770. The quantitative estimate of drug-likeness (QED) is 0.618. The van der Waals surface area contributed by atoms with Gasteiger partial charge in [-0.2, -0.15) is 0 Å². The standard InChI is InChI=1S/C6H6FNOS/c1-5-2-3-6(4-8-5)9-10-7/h2-4H,1H3. The van der Waals surface area contributed by atoms with Gasteiger partial charge in [-0.3, -0.25) is 4.98 Å². The fraction of sp³-hybridized carbons (Fsp3) is 0.167. The summed E-state index contributed by atoms with van der Waals surface area (Å²) < 4.78 is 15.9. The van der Waals surface area contributed by atoms with Gasteiger partial charge in [0.15, 0.2) is 5.75 Å². The number of aromatic nitrogens is 1. The maximum absolute atomic E-state index is 11.4. The molecule has 0 atom stereocenters. The van der Waals surface area contributed by atoms with E-state index in [2.05, 4.69) is 9.17 Å². The summed E-state index contributed by atoms with van der Waals surface area (Å²) in [6.45, 7) is 1.85. The summed E-state index contributed by atoms with van der Waals surface area (Å²) in [7, 11) is 0. The van der Waals surface area contributed by atoms with Crippen LogP contribution in [0.25, 0.3) is 0 Å². The highest BCUT2D eigenvalue weighted by Crippen LogP contribution is 2.14. The van der Waals surface area contributed by atoms with Gasteiger partial charge in [-0.25, -0.2) is 0 Å². The van der Waals surface area contributed by atoms with Crippen molar-refractivity contribution in [1.82, 2.24) is 4.98 Å². The number of halogens is 1. The van der Waals surface area contributed by atoms with Gasteiger partial charge in [0.25, 0.3) is 12.4 Å². The van der Waals surface area contributed by atoms with Gasteiger partial charge in [-0.1, -0.05) is 0 Å². The molecule has 10 heavy (non-hydrogen) atoms. The normalized spacial score (nSPS) is 9.40. The lowest BCUT2D eigenvalue weighted by Gasteiger charge is -1.95. The average Bonchev–Trinajstić information content (AvgIpc) is 1.95. The van der Waals surface area contributed by atoms with Gasteiger partial charge in [0.2, 0.25) is 0 Å². The van der Waals surface area contributed by atoms with Gasteiger partial charge in [-0.05, 0) is 19.1 Å². The van der Waals surface area contributed by atoms with E-state index in [-0.39, 0.29) is 12.4 Å². The number of pyridine rings is 1. The number of hydrogen-bond acceptors (Lipinski definition) is 3. The van der Waals surface area contributed by atoms with Crippen molar-refractivity contribution in [2.75, 3.05) is 0 Å². The van der Waals surface area contributed by atoms with Gasteiger partial charge in [0.05, 0.1) is 6.20 Å². The average molecular weight is 159 g/mol. The molecule has 0 radical (unpaired) electrons. The first-order valence-electron chi connectivity index (χ1n) is 2.71. The summed E-state index contributed by atoms with van der Waals surface area (Å²) in [4.78, 5) is 3.89. The van der Waals surface area contributed by atoms with Crippen LogP contribution in [-0.2, 0) is 0 Å². The maximum Gasteiger partial charge on any atom is 0.272 e. The molecule has 0 aliphatic carbocycles. The number of aryl methyl sites for hydroxylation is 1. The first-order chi connectivity index (χ1) is 4.83. The van der Waals surface area contributed by atoms with Crippen LogP contribution in [0.3, 0.4) is 0 Å². The van der Waals surface area contributed by atoms with Gasteiger partial charge in [-0.15, -0.1) is 3.89 Å². The van der Waals surface area contributed by atoms with Gasteiger partial charge in [0, 0.05) is 5.69 Å². The molecular formula is C6H6FNOS. The van der Waals surface area contributed by atoms with Crippen molar-refractivity contribution in [3.8, 4) is 5.75 Å². The van der Waals surface area contributed by atoms with Crippen molar-refractivity contribution in [3.63, 3.8) is 0 Å². The van der Waals surface area contributed by atoms with Crippen molar-refractivity contribution in [2.45, 2.75) is 6.92 Å². The molecule has 0 aliphatic rings. The molecule has 0 aromatic carbocycles. The Morgan fingerprint density at radius 1 is 1.60 bits per heavy atom. The first kappa shape index (κ1) is 7.34. The predicted molar refractivity (Wildman–Crippen MR) is 38.3 cm³/mol. The van der Waals surface area contributed by atoms with Crippen LogP contribution in [0.1, 0.15) is 5.69 Å². The van der Waals surface area contributed by atoms with Gasteiger partial charge < -0.3 is 4.18 Å². The third kappa shape index (κ3) is 1.88. The molecule has 0 unspecified atom stereocenters. The Morgan fingerprint density at radius 2 is 2.40 bits per heavy atom. The molecule has 2 nitrogen and oxygen atoms in total. The van der Waals surface area contributed by atoms with Crippen molar-refractivity contribution in [3.05, 3.63) is 24.0 Å².